The molecule has 0 saturated heterocycles. The fourth-order valence-corrected chi connectivity index (χ4v) is 3.15. The topological polar surface area (TPSA) is 52.6 Å². The number of rotatable bonds is 0. The number of fused-ring (bicyclic) bond motifs is 2. The highest BCUT2D eigenvalue weighted by atomic mass is 32.2. The van der Waals surface area contributed by atoms with E-state index in [9.17, 15) is 9.00 Å². The third-order valence-corrected chi connectivity index (χ3v) is 4.11. The summed E-state index contributed by atoms with van der Waals surface area (Å²) in [5, 5.41) is 0. The van der Waals surface area contributed by atoms with Crippen molar-refractivity contribution in [3.8, 4) is 11.5 Å². The Morgan fingerprint density at radius 1 is 1.12 bits per heavy atom. The molecule has 1 aromatic rings. The number of carbonyl (C=O) groups is 1. The van der Waals surface area contributed by atoms with Crippen LogP contribution in [0, 0.1) is 0 Å². The van der Waals surface area contributed by atoms with Gasteiger partial charge in [0, 0.05) is 23.8 Å². The van der Waals surface area contributed by atoms with Crippen molar-refractivity contribution in [2.75, 3.05) is 19.0 Å². The summed E-state index contributed by atoms with van der Waals surface area (Å²) in [5.41, 5.74) is 0.522. The van der Waals surface area contributed by atoms with Gasteiger partial charge >= 0.3 is 0 Å². The molecule has 0 bridgehead atoms. The highest BCUT2D eigenvalue weighted by Gasteiger charge is 2.26. The van der Waals surface area contributed by atoms with Crippen LogP contribution in [0.2, 0.25) is 0 Å². The van der Waals surface area contributed by atoms with Crippen LogP contribution < -0.4 is 9.47 Å². The maximum Gasteiger partial charge on any atom is 0.165 e. The van der Waals surface area contributed by atoms with Gasteiger partial charge in [-0.3, -0.25) is 9.00 Å². The molecule has 2 aliphatic heterocycles. The predicted molar refractivity (Wildman–Crippen MR) is 57.7 cm³/mol. The van der Waals surface area contributed by atoms with Crippen molar-refractivity contribution in [1.82, 2.24) is 0 Å². The second-order valence-corrected chi connectivity index (χ2v) is 5.25. The molecule has 0 aliphatic carbocycles. The first-order valence-corrected chi connectivity index (χ1v) is 6.43. The van der Waals surface area contributed by atoms with E-state index in [1.54, 1.807) is 12.1 Å². The molecule has 1 atom stereocenters. The van der Waals surface area contributed by atoms with Crippen molar-refractivity contribution in [1.29, 1.82) is 0 Å². The van der Waals surface area contributed by atoms with Crippen molar-refractivity contribution < 1.29 is 18.5 Å². The van der Waals surface area contributed by atoms with Crippen molar-refractivity contribution in [3.05, 3.63) is 17.7 Å². The fraction of sp³-hybridized carbons (Fsp3) is 0.364. The Labute approximate surface area is 95.0 Å². The highest BCUT2D eigenvalue weighted by Crippen LogP contribution is 2.36. The van der Waals surface area contributed by atoms with Crippen LogP contribution >= 0.6 is 0 Å². The van der Waals surface area contributed by atoms with Crippen LogP contribution in [0.25, 0.3) is 0 Å². The number of benzene rings is 1. The summed E-state index contributed by atoms with van der Waals surface area (Å²) in [6, 6.07) is 3.33. The lowest BCUT2D eigenvalue weighted by atomic mass is 10.1. The molecule has 4 nitrogen and oxygen atoms in total. The van der Waals surface area contributed by atoms with Crippen LogP contribution in [0.1, 0.15) is 16.8 Å². The van der Waals surface area contributed by atoms with E-state index in [2.05, 4.69) is 0 Å². The third-order valence-electron chi connectivity index (χ3n) is 2.70. The summed E-state index contributed by atoms with van der Waals surface area (Å²) >= 11 is 0. The number of Topliss-reactive ketones (excluding diaryl/α,β-unsaturated/α-hetero) is 1. The monoisotopic (exact) mass is 238 g/mol. The average molecular weight is 238 g/mol. The van der Waals surface area contributed by atoms with Crippen LogP contribution in [0.3, 0.4) is 0 Å². The molecule has 1 aromatic carbocycles. The van der Waals surface area contributed by atoms with Gasteiger partial charge in [0.1, 0.15) is 13.2 Å². The van der Waals surface area contributed by atoms with Gasteiger partial charge in [0.15, 0.2) is 17.3 Å². The SMILES string of the molecule is O=C1CCS(=O)c2cc3c(cc21)OCCO3. The summed E-state index contributed by atoms with van der Waals surface area (Å²) in [5.74, 6) is 1.61. The first-order chi connectivity index (χ1) is 7.75. The molecule has 2 heterocycles. The van der Waals surface area contributed by atoms with E-state index in [1.807, 2.05) is 0 Å². The molecule has 0 radical (unpaired) electrons. The zero-order valence-electron chi connectivity index (χ0n) is 8.52. The second-order valence-electron chi connectivity index (χ2n) is 3.71. The zero-order chi connectivity index (χ0) is 11.1. The summed E-state index contributed by atoms with van der Waals surface area (Å²) in [6.45, 7) is 0.982. The van der Waals surface area contributed by atoms with E-state index < -0.39 is 10.8 Å². The van der Waals surface area contributed by atoms with Gasteiger partial charge < -0.3 is 9.47 Å². The third kappa shape index (κ3) is 1.43. The van der Waals surface area contributed by atoms with Gasteiger partial charge in [0.05, 0.1) is 15.7 Å². The van der Waals surface area contributed by atoms with Gasteiger partial charge in [-0.2, -0.15) is 0 Å². The van der Waals surface area contributed by atoms with Gasteiger partial charge in [-0.25, -0.2) is 0 Å². The Kier molecular flexibility index (Phi) is 2.21. The van der Waals surface area contributed by atoms with Gasteiger partial charge in [-0.1, -0.05) is 0 Å². The average Bonchev–Trinajstić information content (AvgIpc) is 2.32. The van der Waals surface area contributed by atoms with Crippen molar-refractivity contribution in [3.63, 3.8) is 0 Å². The first-order valence-electron chi connectivity index (χ1n) is 5.11. The molecule has 16 heavy (non-hydrogen) atoms. The number of ether oxygens (including phenoxy) is 2. The van der Waals surface area contributed by atoms with E-state index in [1.165, 1.54) is 0 Å². The minimum absolute atomic E-state index is 0.0339. The molecule has 0 amide bonds. The Bertz CT molecular complexity index is 450. The Morgan fingerprint density at radius 2 is 1.81 bits per heavy atom. The van der Waals surface area contributed by atoms with Crippen LogP contribution in [-0.2, 0) is 10.8 Å². The first kappa shape index (κ1) is 9.84. The van der Waals surface area contributed by atoms with Gasteiger partial charge in [0.25, 0.3) is 0 Å². The fourth-order valence-electron chi connectivity index (χ4n) is 1.91. The lowest BCUT2D eigenvalue weighted by Crippen LogP contribution is -2.20. The van der Waals surface area contributed by atoms with Crippen molar-refractivity contribution in [2.24, 2.45) is 0 Å². The van der Waals surface area contributed by atoms with Crippen molar-refractivity contribution in [2.45, 2.75) is 11.3 Å². The lowest BCUT2D eigenvalue weighted by Gasteiger charge is -2.22. The summed E-state index contributed by atoms with van der Waals surface area (Å²) in [7, 11) is -1.09. The van der Waals surface area contributed by atoms with E-state index in [-0.39, 0.29) is 5.78 Å². The molecule has 5 heteroatoms. The van der Waals surface area contributed by atoms with Crippen molar-refractivity contribution >= 4 is 16.6 Å². The molecule has 0 N–H and O–H groups in total. The predicted octanol–water partition coefficient (Wildman–Crippen LogP) is 1.15. The van der Waals surface area contributed by atoms with E-state index in [4.69, 9.17) is 9.47 Å². The lowest BCUT2D eigenvalue weighted by molar-refractivity contribution is 0.0982. The summed E-state index contributed by atoms with van der Waals surface area (Å²) in [4.78, 5) is 12.3. The smallest absolute Gasteiger partial charge is 0.165 e. The molecule has 0 aromatic heterocycles. The molecule has 0 spiro atoms. The van der Waals surface area contributed by atoms with E-state index in [0.29, 0.717) is 47.3 Å². The summed E-state index contributed by atoms with van der Waals surface area (Å²) in [6.07, 6.45) is 0.346. The zero-order valence-corrected chi connectivity index (χ0v) is 9.34. The summed E-state index contributed by atoms with van der Waals surface area (Å²) < 4.78 is 22.6. The van der Waals surface area contributed by atoms with E-state index >= 15 is 0 Å². The Hall–Kier alpha value is -1.36. The number of hydrogen-bond donors (Lipinski definition) is 0. The maximum atomic E-state index is 11.8. The number of hydrogen-bond acceptors (Lipinski definition) is 4. The minimum atomic E-state index is -1.09. The van der Waals surface area contributed by atoms with E-state index in [0.717, 1.165) is 0 Å². The maximum absolute atomic E-state index is 11.8. The Balaban J connectivity index is 2.18. The minimum Gasteiger partial charge on any atom is -0.486 e. The molecular weight excluding hydrogens is 228 g/mol. The molecular formula is C11H10O4S. The molecule has 84 valence electrons. The molecule has 0 fully saturated rings. The normalized spacial score (nSPS) is 22.8. The van der Waals surface area contributed by atoms with Crippen LogP contribution in [0.5, 0.6) is 11.5 Å². The van der Waals surface area contributed by atoms with Crippen LogP contribution in [0.4, 0.5) is 0 Å². The standard InChI is InChI=1S/C11H10O4S/c12-8-1-4-16(13)11-6-10-9(5-7(8)11)14-2-3-15-10/h5-6H,1-4H2. The molecule has 2 aliphatic rings. The molecule has 3 rings (SSSR count). The van der Waals surface area contributed by atoms with Gasteiger partial charge in [-0.05, 0) is 6.07 Å². The van der Waals surface area contributed by atoms with Crippen LogP contribution in [0.15, 0.2) is 17.0 Å². The largest absolute Gasteiger partial charge is 0.486 e. The molecule has 1 unspecified atom stereocenters. The molecule has 0 saturated carbocycles. The van der Waals surface area contributed by atoms with Gasteiger partial charge in [0.2, 0.25) is 0 Å². The highest BCUT2D eigenvalue weighted by molar-refractivity contribution is 7.85. The second kappa shape index (κ2) is 3.59. The number of carbonyl (C=O) groups excluding carboxylic acids is 1. The Morgan fingerprint density at radius 3 is 2.56 bits per heavy atom. The quantitative estimate of drug-likeness (QED) is 0.680. The van der Waals surface area contributed by atoms with Gasteiger partial charge in [-0.15, -0.1) is 0 Å². The van der Waals surface area contributed by atoms with Crippen LogP contribution in [-0.4, -0.2) is 29.0 Å². The number of ketones is 1.